The van der Waals surface area contributed by atoms with E-state index < -0.39 is 0 Å². The number of aromatic nitrogens is 4. The van der Waals surface area contributed by atoms with Crippen molar-refractivity contribution in [2.75, 3.05) is 0 Å². The molecule has 0 bridgehead atoms. The summed E-state index contributed by atoms with van der Waals surface area (Å²) < 4.78 is 5.21. The number of thiophene rings is 2. The maximum atomic E-state index is 5.29. The number of fused-ring (bicyclic) bond motifs is 12. The smallest absolute Gasteiger partial charge is 0.159 e. The van der Waals surface area contributed by atoms with Gasteiger partial charge in [-0.25, -0.2) is 19.9 Å². The predicted octanol–water partition coefficient (Wildman–Crippen LogP) is 14.1. The van der Waals surface area contributed by atoms with Crippen molar-refractivity contribution in [3.63, 3.8) is 0 Å². The van der Waals surface area contributed by atoms with Gasteiger partial charge in [0.1, 0.15) is 11.0 Å². The maximum Gasteiger partial charge on any atom is 0.159 e. The van der Waals surface area contributed by atoms with Crippen LogP contribution >= 0.6 is 22.7 Å². The highest BCUT2D eigenvalue weighted by molar-refractivity contribution is 7.26. The molecule has 0 fully saturated rings. The molecular weight excluding hydrogens is 721 g/mol. The fourth-order valence-electron chi connectivity index (χ4n) is 8.24. The van der Waals surface area contributed by atoms with Crippen molar-refractivity contribution in [1.29, 1.82) is 0 Å². The van der Waals surface area contributed by atoms with Gasteiger partial charge in [0.15, 0.2) is 11.6 Å². The van der Waals surface area contributed by atoms with E-state index in [-0.39, 0.29) is 0 Å². The van der Waals surface area contributed by atoms with Crippen LogP contribution in [0.15, 0.2) is 170 Å². The van der Waals surface area contributed by atoms with Gasteiger partial charge in [-0.2, -0.15) is 0 Å². The lowest BCUT2D eigenvalue weighted by molar-refractivity contribution is 1.21. The Morgan fingerprint density at radius 2 is 0.679 bits per heavy atom. The third-order valence-electron chi connectivity index (χ3n) is 11.0. The topological polar surface area (TPSA) is 51.6 Å². The Kier molecular flexibility index (Phi) is 6.93. The van der Waals surface area contributed by atoms with Crippen LogP contribution in [-0.2, 0) is 0 Å². The van der Waals surface area contributed by atoms with E-state index in [0.29, 0.717) is 11.6 Å². The van der Waals surface area contributed by atoms with Crippen LogP contribution in [-0.4, -0.2) is 19.9 Å². The van der Waals surface area contributed by atoms with Gasteiger partial charge in [-0.15, -0.1) is 22.7 Å². The standard InChI is InChI=1S/C50H28N4S2/c1-2-14-36-35(13-1)41-27-51-49(33-11-7-9-29(23-33)31-19-21-45-39(25-31)37-15-3-5-17-43(37)55-45)53-47(41)48-42(36)28-52-50(54-48)34-12-8-10-30(24-34)32-20-22-46-40(26-32)38-16-4-6-18-44(38)56-46/h1-28H. The first-order valence-corrected chi connectivity index (χ1v) is 20.2. The summed E-state index contributed by atoms with van der Waals surface area (Å²) in [4.78, 5) is 20.5. The van der Waals surface area contributed by atoms with Crippen LogP contribution in [0.3, 0.4) is 0 Å². The molecule has 0 aliphatic carbocycles. The Balaban J connectivity index is 0.986. The molecule has 0 saturated carbocycles. The van der Waals surface area contributed by atoms with Crippen LogP contribution < -0.4 is 0 Å². The predicted molar refractivity (Wildman–Crippen MR) is 238 cm³/mol. The van der Waals surface area contributed by atoms with E-state index in [1.807, 2.05) is 35.1 Å². The van der Waals surface area contributed by atoms with E-state index in [9.17, 15) is 0 Å². The van der Waals surface area contributed by atoms with Crippen LogP contribution in [0, 0.1) is 0 Å². The first-order chi connectivity index (χ1) is 27.7. The van der Waals surface area contributed by atoms with Gasteiger partial charge in [0, 0.05) is 74.6 Å². The molecule has 0 saturated heterocycles. The van der Waals surface area contributed by atoms with Crippen LogP contribution in [0.25, 0.3) is 118 Å². The molecule has 0 unspecified atom stereocenters. The van der Waals surface area contributed by atoms with Gasteiger partial charge in [0.2, 0.25) is 0 Å². The van der Waals surface area contributed by atoms with Gasteiger partial charge in [-0.1, -0.05) is 109 Å². The second-order valence-corrected chi connectivity index (χ2v) is 16.4. The Morgan fingerprint density at radius 3 is 1.16 bits per heavy atom. The maximum absolute atomic E-state index is 5.29. The van der Waals surface area contributed by atoms with Gasteiger partial charge in [-0.05, 0) is 81.6 Å². The Hall–Kier alpha value is -6.86. The monoisotopic (exact) mass is 748 g/mol. The van der Waals surface area contributed by atoms with Crippen molar-refractivity contribution in [3.05, 3.63) is 170 Å². The summed E-state index contributed by atoms with van der Waals surface area (Å²) in [5.41, 5.74) is 8.14. The molecule has 260 valence electrons. The van der Waals surface area contributed by atoms with E-state index in [1.54, 1.807) is 0 Å². The first-order valence-electron chi connectivity index (χ1n) is 18.6. The summed E-state index contributed by atoms with van der Waals surface area (Å²) in [5, 5.41) is 9.27. The quantitative estimate of drug-likeness (QED) is 0.168. The molecule has 8 aromatic carbocycles. The minimum Gasteiger partial charge on any atom is -0.236 e. The highest BCUT2D eigenvalue weighted by atomic mass is 32.1. The highest BCUT2D eigenvalue weighted by Gasteiger charge is 2.16. The van der Waals surface area contributed by atoms with Crippen molar-refractivity contribution in [3.8, 4) is 45.0 Å². The average molecular weight is 749 g/mol. The molecule has 0 atom stereocenters. The molecule has 4 aromatic heterocycles. The van der Waals surface area contributed by atoms with Crippen molar-refractivity contribution < 1.29 is 0 Å². The molecule has 0 aliphatic rings. The molecule has 4 heterocycles. The fourth-order valence-corrected chi connectivity index (χ4v) is 10.4. The van der Waals surface area contributed by atoms with E-state index >= 15 is 0 Å². The van der Waals surface area contributed by atoms with Gasteiger partial charge in [-0.3, -0.25) is 0 Å². The Bertz CT molecular complexity index is 3330. The third kappa shape index (κ3) is 4.97. The summed E-state index contributed by atoms with van der Waals surface area (Å²) in [6.07, 6.45) is 3.92. The first kappa shape index (κ1) is 31.5. The zero-order chi connectivity index (χ0) is 36.7. The van der Waals surface area contributed by atoms with E-state index in [0.717, 1.165) is 54.8 Å². The molecule has 0 aliphatic heterocycles. The number of benzene rings is 8. The van der Waals surface area contributed by atoms with Gasteiger partial charge >= 0.3 is 0 Å². The van der Waals surface area contributed by atoms with Crippen LogP contribution in [0.2, 0.25) is 0 Å². The second-order valence-electron chi connectivity index (χ2n) is 14.2. The Labute approximate surface area is 329 Å². The molecular formula is C50H28N4S2. The largest absolute Gasteiger partial charge is 0.236 e. The molecule has 12 aromatic rings. The summed E-state index contributed by atoms with van der Waals surface area (Å²) in [7, 11) is 0. The lowest BCUT2D eigenvalue weighted by Gasteiger charge is -2.12. The minimum atomic E-state index is 0.663. The van der Waals surface area contributed by atoms with Crippen molar-refractivity contribution in [2.45, 2.75) is 0 Å². The van der Waals surface area contributed by atoms with Crippen LogP contribution in [0.4, 0.5) is 0 Å². The zero-order valence-electron chi connectivity index (χ0n) is 29.8. The summed E-state index contributed by atoms with van der Waals surface area (Å²) in [6.45, 7) is 0. The van der Waals surface area contributed by atoms with E-state index in [2.05, 4.69) is 158 Å². The van der Waals surface area contributed by atoms with Gasteiger partial charge in [0.05, 0.1) is 0 Å². The third-order valence-corrected chi connectivity index (χ3v) is 13.3. The van der Waals surface area contributed by atoms with Crippen molar-refractivity contribution >= 4 is 95.6 Å². The second kappa shape index (κ2) is 12.3. The van der Waals surface area contributed by atoms with E-state index in [4.69, 9.17) is 19.9 Å². The zero-order valence-corrected chi connectivity index (χ0v) is 31.4. The summed E-state index contributed by atoms with van der Waals surface area (Å²) >= 11 is 3.68. The molecule has 0 N–H and O–H groups in total. The Morgan fingerprint density at radius 1 is 0.286 bits per heavy atom. The molecule has 56 heavy (non-hydrogen) atoms. The van der Waals surface area contributed by atoms with E-state index in [1.165, 1.54) is 51.5 Å². The number of hydrogen-bond acceptors (Lipinski definition) is 6. The highest BCUT2D eigenvalue weighted by Crippen LogP contribution is 2.40. The molecule has 0 amide bonds. The van der Waals surface area contributed by atoms with Crippen LogP contribution in [0.5, 0.6) is 0 Å². The van der Waals surface area contributed by atoms with Gasteiger partial charge < -0.3 is 0 Å². The van der Waals surface area contributed by atoms with Crippen LogP contribution in [0.1, 0.15) is 0 Å². The summed E-state index contributed by atoms with van der Waals surface area (Å²) in [6, 6.07) is 56.3. The number of rotatable bonds is 4. The molecule has 6 heteroatoms. The molecule has 4 nitrogen and oxygen atoms in total. The molecule has 0 spiro atoms. The fraction of sp³-hybridized carbons (Fsp3) is 0. The minimum absolute atomic E-state index is 0.663. The SMILES string of the molecule is c1cc(-c2ccc3sc4ccccc4c3c2)cc(-c2ncc3c4ccccc4c4cnc(-c5cccc(-c6ccc7sc8ccccc8c7c6)c5)nc4c3n2)c1. The number of nitrogens with zero attached hydrogens (tertiary/aromatic N) is 4. The number of hydrogen-bond donors (Lipinski definition) is 0. The normalized spacial score (nSPS) is 11.9. The average Bonchev–Trinajstić information content (AvgIpc) is 3.84. The van der Waals surface area contributed by atoms with Gasteiger partial charge in [0.25, 0.3) is 0 Å². The van der Waals surface area contributed by atoms with Crippen molar-refractivity contribution in [1.82, 2.24) is 19.9 Å². The molecule has 0 radical (unpaired) electrons. The lowest BCUT2D eigenvalue weighted by atomic mass is 9.99. The lowest BCUT2D eigenvalue weighted by Crippen LogP contribution is -1.97. The summed E-state index contributed by atoms with van der Waals surface area (Å²) in [5.74, 6) is 1.33. The van der Waals surface area contributed by atoms with Crippen molar-refractivity contribution in [2.24, 2.45) is 0 Å². The molecule has 12 rings (SSSR count).